The molecule has 0 heterocycles. The number of anilines is 1. The second kappa shape index (κ2) is 5.67. The zero-order chi connectivity index (χ0) is 13.0. The molecule has 0 aliphatic rings. The minimum Gasteiger partial charge on any atom is -0.378 e. The Morgan fingerprint density at radius 3 is 2.44 bits per heavy atom. The molecule has 2 aromatic carbocycles. The molecule has 0 aliphatic carbocycles. The van der Waals surface area contributed by atoms with Crippen LogP contribution in [0.15, 0.2) is 48.5 Å². The highest BCUT2D eigenvalue weighted by Gasteiger charge is 2.11. The molecule has 18 heavy (non-hydrogen) atoms. The van der Waals surface area contributed by atoms with E-state index in [2.05, 4.69) is 24.4 Å². The van der Waals surface area contributed by atoms with Crippen LogP contribution < -0.4 is 5.32 Å². The number of halogens is 1. The van der Waals surface area contributed by atoms with Crippen LogP contribution in [-0.2, 0) is 0 Å². The molecule has 1 nitrogen and oxygen atoms in total. The Morgan fingerprint density at radius 2 is 1.78 bits per heavy atom. The molecule has 0 fully saturated rings. The molecule has 0 radical (unpaired) electrons. The van der Waals surface area contributed by atoms with Crippen LogP contribution in [0.3, 0.4) is 0 Å². The van der Waals surface area contributed by atoms with Gasteiger partial charge in [-0.1, -0.05) is 43.3 Å². The van der Waals surface area contributed by atoms with E-state index in [0.29, 0.717) is 5.56 Å². The molecule has 2 aromatic rings. The van der Waals surface area contributed by atoms with E-state index in [1.807, 2.05) is 24.3 Å². The highest BCUT2D eigenvalue weighted by molar-refractivity contribution is 5.52. The van der Waals surface area contributed by atoms with Crippen molar-refractivity contribution < 1.29 is 4.39 Å². The molecule has 1 atom stereocenters. The Balaban J connectivity index is 2.24. The fourth-order valence-corrected chi connectivity index (χ4v) is 2.06. The van der Waals surface area contributed by atoms with Crippen molar-refractivity contribution in [2.24, 2.45) is 0 Å². The average molecular weight is 243 g/mol. The van der Waals surface area contributed by atoms with E-state index in [9.17, 15) is 4.39 Å². The Morgan fingerprint density at radius 1 is 1.06 bits per heavy atom. The Hall–Kier alpha value is -1.83. The van der Waals surface area contributed by atoms with E-state index in [1.165, 1.54) is 11.6 Å². The first-order valence-corrected chi connectivity index (χ1v) is 6.29. The summed E-state index contributed by atoms with van der Waals surface area (Å²) < 4.78 is 13.5. The number of hydrogen-bond acceptors (Lipinski definition) is 1. The van der Waals surface area contributed by atoms with Gasteiger partial charge in [0, 0.05) is 11.3 Å². The van der Waals surface area contributed by atoms with Gasteiger partial charge >= 0.3 is 0 Å². The van der Waals surface area contributed by atoms with Gasteiger partial charge in [-0.2, -0.15) is 0 Å². The first-order valence-electron chi connectivity index (χ1n) is 6.29. The van der Waals surface area contributed by atoms with E-state index in [1.54, 1.807) is 13.0 Å². The monoisotopic (exact) mass is 243 g/mol. The van der Waals surface area contributed by atoms with Gasteiger partial charge in [0.15, 0.2) is 0 Å². The summed E-state index contributed by atoms with van der Waals surface area (Å²) in [6.07, 6.45) is 0.958. The largest absolute Gasteiger partial charge is 0.378 e. The van der Waals surface area contributed by atoms with Crippen molar-refractivity contribution >= 4 is 5.69 Å². The van der Waals surface area contributed by atoms with Crippen molar-refractivity contribution in [3.05, 3.63) is 65.5 Å². The fraction of sp³-hybridized carbons (Fsp3) is 0.250. The van der Waals surface area contributed by atoms with Crippen molar-refractivity contribution in [3.8, 4) is 0 Å². The van der Waals surface area contributed by atoms with Gasteiger partial charge in [0.05, 0.1) is 6.04 Å². The first kappa shape index (κ1) is 12.6. The molecule has 1 unspecified atom stereocenters. The topological polar surface area (TPSA) is 12.0 Å². The number of rotatable bonds is 4. The van der Waals surface area contributed by atoms with Gasteiger partial charge in [0.25, 0.3) is 0 Å². The standard InChI is InChI=1S/C16H18FN/c1-3-15(13-8-5-4-6-9-13)18-16-11-7-10-14(17)12(16)2/h4-11,15,18H,3H2,1-2H3. The second-order valence-corrected chi connectivity index (χ2v) is 4.43. The van der Waals surface area contributed by atoms with E-state index >= 15 is 0 Å². The van der Waals surface area contributed by atoms with Gasteiger partial charge in [-0.3, -0.25) is 0 Å². The van der Waals surface area contributed by atoms with Crippen molar-refractivity contribution in [2.75, 3.05) is 5.32 Å². The SMILES string of the molecule is CCC(Nc1cccc(F)c1C)c1ccccc1. The zero-order valence-corrected chi connectivity index (χ0v) is 10.8. The van der Waals surface area contributed by atoms with Crippen molar-refractivity contribution in [1.82, 2.24) is 0 Å². The molecule has 0 bridgehead atoms. The van der Waals surface area contributed by atoms with Crippen LogP contribution in [0.25, 0.3) is 0 Å². The third-order valence-electron chi connectivity index (χ3n) is 3.21. The molecular weight excluding hydrogens is 225 g/mol. The Labute approximate surface area is 108 Å². The molecule has 2 rings (SSSR count). The smallest absolute Gasteiger partial charge is 0.128 e. The van der Waals surface area contributed by atoms with Crippen LogP contribution in [-0.4, -0.2) is 0 Å². The van der Waals surface area contributed by atoms with Gasteiger partial charge in [0.2, 0.25) is 0 Å². The number of benzene rings is 2. The Kier molecular flexibility index (Phi) is 3.98. The summed E-state index contributed by atoms with van der Waals surface area (Å²) in [6.45, 7) is 3.93. The molecule has 0 spiro atoms. The maximum atomic E-state index is 13.5. The predicted molar refractivity (Wildman–Crippen MR) is 74.2 cm³/mol. The van der Waals surface area contributed by atoms with E-state index in [0.717, 1.165) is 12.1 Å². The van der Waals surface area contributed by atoms with Crippen LogP contribution in [0.5, 0.6) is 0 Å². The third kappa shape index (κ3) is 2.70. The summed E-state index contributed by atoms with van der Waals surface area (Å²) >= 11 is 0. The van der Waals surface area contributed by atoms with E-state index in [-0.39, 0.29) is 11.9 Å². The highest BCUT2D eigenvalue weighted by atomic mass is 19.1. The average Bonchev–Trinajstić information content (AvgIpc) is 2.41. The summed E-state index contributed by atoms with van der Waals surface area (Å²) in [5.74, 6) is -0.164. The molecule has 0 saturated heterocycles. The molecule has 0 amide bonds. The molecule has 2 heteroatoms. The van der Waals surface area contributed by atoms with Crippen LogP contribution >= 0.6 is 0 Å². The number of hydrogen-bond donors (Lipinski definition) is 1. The predicted octanol–water partition coefficient (Wildman–Crippen LogP) is 4.70. The second-order valence-electron chi connectivity index (χ2n) is 4.43. The van der Waals surface area contributed by atoms with Crippen LogP contribution in [0.4, 0.5) is 10.1 Å². The lowest BCUT2D eigenvalue weighted by molar-refractivity contribution is 0.618. The quantitative estimate of drug-likeness (QED) is 0.821. The van der Waals surface area contributed by atoms with E-state index in [4.69, 9.17) is 0 Å². The summed E-state index contributed by atoms with van der Waals surface area (Å²) in [5, 5.41) is 3.41. The summed E-state index contributed by atoms with van der Waals surface area (Å²) in [6, 6.07) is 15.6. The third-order valence-corrected chi connectivity index (χ3v) is 3.21. The molecule has 0 saturated carbocycles. The molecule has 1 N–H and O–H groups in total. The van der Waals surface area contributed by atoms with Gasteiger partial charge in [0.1, 0.15) is 5.82 Å². The first-order chi connectivity index (χ1) is 8.72. The van der Waals surface area contributed by atoms with Gasteiger partial charge in [-0.25, -0.2) is 4.39 Å². The van der Waals surface area contributed by atoms with Crippen molar-refractivity contribution in [3.63, 3.8) is 0 Å². The fourth-order valence-electron chi connectivity index (χ4n) is 2.06. The summed E-state index contributed by atoms with van der Waals surface area (Å²) in [7, 11) is 0. The van der Waals surface area contributed by atoms with E-state index < -0.39 is 0 Å². The van der Waals surface area contributed by atoms with Gasteiger partial charge < -0.3 is 5.32 Å². The maximum absolute atomic E-state index is 13.5. The minimum atomic E-state index is -0.164. The lowest BCUT2D eigenvalue weighted by atomic mass is 10.0. The van der Waals surface area contributed by atoms with Crippen molar-refractivity contribution in [2.45, 2.75) is 26.3 Å². The molecule has 0 aromatic heterocycles. The van der Waals surface area contributed by atoms with Gasteiger partial charge in [-0.15, -0.1) is 0 Å². The van der Waals surface area contributed by atoms with Crippen LogP contribution in [0.1, 0.15) is 30.5 Å². The van der Waals surface area contributed by atoms with Crippen LogP contribution in [0.2, 0.25) is 0 Å². The molecule has 94 valence electrons. The highest BCUT2D eigenvalue weighted by Crippen LogP contribution is 2.25. The Bertz CT molecular complexity index is 508. The lowest BCUT2D eigenvalue weighted by Crippen LogP contribution is -2.10. The van der Waals surface area contributed by atoms with Crippen LogP contribution in [0, 0.1) is 12.7 Å². The maximum Gasteiger partial charge on any atom is 0.128 e. The van der Waals surface area contributed by atoms with Crippen molar-refractivity contribution in [1.29, 1.82) is 0 Å². The zero-order valence-electron chi connectivity index (χ0n) is 10.8. The van der Waals surface area contributed by atoms with Gasteiger partial charge in [-0.05, 0) is 31.0 Å². The summed E-state index contributed by atoms with van der Waals surface area (Å²) in [5.41, 5.74) is 2.77. The minimum absolute atomic E-state index is 0.164. The molecular formula is C16H18FN. The lowest BCUT2D eigenvalue weighted by Gasteiger charge is -2.20. The summed E-state index contributed by atoms with van der Waals surface area (Å²) in [4.78, 5) is 0. The normalized spacial score (nSPS) is 12.2. The number of nitrogens with one attached hydrogen (secondary N) is 1. The molecule has 0 aliphatic heterocycles.